The van der Waals surface area contributed by atoms with Crippen molar-refractivity contribution in [3.63, 3.8) is 0 Å². The summed E-state index contributed by atoms with van der Waals surface area (Å²) in [6.45, 7) is 0.872. The summed E-state index contributed by atoms with van der Waals surface area (Å²) in [5, 5.41) is 11.8. The molecule has 7 nitrogen and oxygen atoms in total. The van der Waals surface area contributed by atoms with E-state index in [1.165, 1.54) is 18.2 Å². The van der Waals surface area contributed by atoms with Gasteiger partial charge in [0.1, 0.15) is 22.2 Å². The standard InChI is InChI=1S/C23H26Cl2F2N2O5/c1-12(2)21(28)22(30)33-19(8-15-16(24)9-29(31)10-17(15)25)14-5-6-18(34-23(26)27)20(7-14)32-11-13-3-4-13/h5-7,9-10,12-13,19,21,23H,3-4,8,11,28H2,1-2H3/t19-,21-/m0/s1. The first kappa shape index (κ1) is 26.2. The first-order valence-corrected chi connectivity index (χ1v) is 11.5. The molecule has 1 aromatic carbocycles. The third-order valence-corrected chi connectivity index (χ3v) is 6.07. The number of ether oxygens (including phenoxy) is 3. The number of rotatable bonds is 11. The van der Waals surface area contributed by atoms with Crippen LogP contribution in [0.4, 0.5) is 8.78 Å². The van der Waals surface area contributed by atoms with Crippen LogP contribution in [0.15, 0.2) is 30.6 Å². The van der Waals surface area contributed by atoms with Gasteiger partial charge >= 0.3 is 12.6 Å². The van der Waals surface area contributed by atoms with Crippen LogP contribution < -0.4 is 19.9 Å². The van der Waals surface area contributed by atoms with Gasteiger partial charge in [-0.2, -0.15) is 13.5 Å². The summed E-state index contributed by atoms with van der Waals surface area (Å²) < 4.78 is 42.3. The molecule has 2 atom stereocenters. The van der Waals surface area contributed by atoms with E-state index in [1.54, 1.807) is 13.8 Å². The molecule has 11 heteroatoms. The summed E-state index contributed by atoms with van der Waals surface area (Å²) in [6.07, 6.45) is 3.33. The zero-order valence-electron chi connectivity index (χ0n) is 18.7. The molecule has 1 aliphatic carbocycles. The fraction of sp³-hybridized carbons (Fsp3) is 0.478. The first-order valence-electron chi connectivity index (χ1n) is 10.8. The van der Waals surface area contributed by atoms with Crippen molar-refractivity contribution in [2.45, 2.75) is 51.9 Å². The lowest BCUT2D eigenvalue weighted by Crippen LogP contribution is -2.38. The van der Waals surface area contributed by atoms with Crippen molar-refractivity contribution in [2.24, 2.45) is 17.6 Å². The summed E-state index contributed by atoms with van der Waals surface area (Å²) in [4.78, 5) is 12.7. The van der Waals surface area contributed by atoms with Gasteiger partial charge in [-0.3, -0.25) is 4.79 Å². The molecule has 0 bridgehead atoms. The second-order valence-electron chi connectivity index (χ2n) is 8.53. The largest absolute Gasteiger partial charge is 0.619 e. The van der Waals surface area contributed by atoms with Crippen molar-refractivity contribution in [1.82, 2.24) is 0 Å². The third kappa shape index (κ3) is 7.07. The maximum atomic E-state index is 12.9. The Kier molecular flexibility index (Phi) is 8.78. The monoisotopic (exact) mass is 518 g/mol. The Morgan fingerprint density at radius 3 is 2.41 bits per heavy atom. The van der Waals surface area contributed by atoms with Crippen LogP contribution in [0.1, 0.15) is 43.9 Å². The number of nitrogens with two attached hydrogens (primary N) is 1. The maximum Gasteiger partial charge on any atom is 0.387 e. The van der Waals surface area contributed by atoms with E-state index < -0.39 is 24.7 Å². The molecule has 2 aromatic rings. The predicted octanol–water partition coefficient (Wildman–Crippen LogP) is 4.83. The molecule has 0 amide bonds. The van der Waals surface area contributed by atoms with Crippen molar-refractivity contribution in [3.05, 3.63) is 57.0 Å². The number of pyridine rings is 1. The van der Waals surface area contributed by atoms with Gasteiger partial charge in [0.25, 0.3) is 0 Å². The summed E-state index contributed by atoms with van der Waals surface area (Å²) in [5.74, 6) is -0.513. The van der Waals surface area contributed by atoms with Gasteiger partial charge in [-0.05, 0) is 42.4 Å². The molecule has 2 N–H and O–H groups in total. The Labute approximate surface area is 206 Å². The quantitative estimate of drug-likeness (QED) is 0.260. The van der Waals surface area contributed by atoms with E-state index in [0.717, 1.165) is 25.2 Å². The molecule has 34 heavy (non-hydrogen) atoms. The molecule has 1 saturated carbocycles. The normalized spacial score (nSPS) is 15.3. The molecule has 1 heterocycles. The average molecular weight is 519 g/mol. The fourth-order valence-corrected chi connectivity index (χ4v) is 3.75. The number of carbonyl (C=O) groups excluding carboxylic acids is 1. The summed E-state index contributed by atoms with van der Waals surface area (Å²) in [5.41, 5.74) is 6.76. The summed E-state index contributed by atoms with van der Waals surface area (Å²) in [6, 6.07) is 3.41. The average Bonchev–Trinajstić information content (AvgIpc) is 3.58. The van der Waals surface area contributed by atoms with Crippen molar-refractivity contribution in [2.75, 3.05) is 6.61 Å². The number of halogens is 4. The smallest absolute Gasteiger partial charge is 0.387 e. The van der Waals surface area contributed by atoms with E-state index in [2.05, 4.69) is 4.74 Å². The van der Waals surface area contributed by atoms with Crippen LogP contribution in [-0.4, -0.2) is 25.2 Å². The lowest BCUT2D eigenvalue weighted by molar-refractivity contribution is -0.605. The highest BCUT2D eigenvalue weighted by atomic mass is 35.5. The van der Waals surface area contributed by atoms with Crippen molar-refractivity contribution < 1.29 is 32.5 Å². The summed E-state index contributed by atoms with van der Waals surface area (Å²) in [7, 11) is 0. The van der Waals surface area contributed by atoms with Gasteiger partial charge in [-0.1, -0.05) is 43.1 Å². The summed E-state index contributed by atoms with van der Waals surface area (Å²) >= 11 is 12.4. The van der Waals surface area contributed by atoms with E-state index in [1.807, 2.05) is 0 Å². The van der Waals surface area contributed by atoms with Gasteiger partial charge < -0.3 is 25.2 Å². The number of nitrogens with zero attached hydrogens (tertiary/aromatic N) is 1. The van der Waals surface area contributed by atoms with Crippen LogP contribution in [0.5, 0.6) is 11.5 Å². The van der Waals surface area contributed by atoms with Crippen molar-refractivity contribution >= 4 is 29.2 Å². The number of benzene rings is 1. The van der Waals surface area contributed by atoms with E-state index in [4.69, 9.17) is 38.4 Å². The Balaban J connectivity index is 1.96. The van der Waals surface area contributed by atoms with Gasteiger partial charge in [0.05, 0.1) is 6.61 Å². The molecule has 0 spiro atoms. The number of alkyl halides is 2. The topological polar surface area (TPSA) is 97.7 Å². The SMILES string of the molecule is CC(C)[C@H](N)C(=O)O[C@@H](Cc1c(Cl)c[n+]([O-])cc1Cl)c1ccc(OC(F)F)c(OCC2CC2)c1. The van der Waals surface area contributed by atoms with Crippen LogP contribution in [0.25, 0.3) is 0 Å². The number of hydrogen-bond acceptors (Lipinski definition) is 6. The number of hydrogen-bond donors (Lipinski definition) is 1. The number of carbonyl (C=O) groups is 1. The minimum atomic E-state index is -3.03. The van der Waals surface area contributed by atoms with Crippen LogP contribution in [0, 0.1) is 17.0 Å². The van der Waals surface area contributed by atoms with Gasteiger partial charge in [0, 0.05) is 12.0 Å². The fourth-order valence-electron chi connectivity index (χ4n) is 3.15. The number of aromatic nitrogens is 1. The highest BCUT2D eigenvalue weighted by molar-refractivity contribution is 6.35. The number of esters is 1. The van der Waals surface area contributed by atoms with Crippen LogP contribution in [-0.2, 0) is 16.0 Å². The molecule has 0 saturated heterocycles. The maximum absolute atomic E-state index is 12.9. The molecule has 1 fully saturated rings. The Hall–Kier alpha value is -2.36. The molecule has 1 aliphatic rings. The Morgan fingerprint density at radius 1 is 1.21 bits per heavy atom. The van der Waals surface area contributed by atoms with Gasteiger partial charge in [-0.25, -0.2) is 0 Å². The molecule has 1 aromatic heterocycles. The molecule has 0 radical (unpaired) electrons. The lowest BCUT2D eigenvalue weighted by atomic mass is 10.0. The third-order valence-electron chi connectivity index (χ3n) is 5.42. The van der Waals surface area contributed by atoms with Gasteiger partial charge in [0.15, 0.2) is 23.9 Å². The molecule has 3 rings (SSSR count). The van der Waals surface area contributed by atoms with Gasteiger partial charge in [0.2, 0.25) is 0 Å². The van der Waals surface area contributed by atoms with Crippen LogP contribution >= 0.6 is 23.2 Å². The zero-order chi connectivity index (χ0) is 25.0. The minimum absolute atomic E-state index is 0.00613. The zero-order valence-corrected chi connectivity index (χ0v) is 20.2. The van der Waals surface area contributed by atoms with Crippen molar-refractivity contribution in [1.29, 1.82) is 0 Å². The molecule has 0 unspecified atom stereocenters. The second-order valence-corrected chi connectivity index (χ2v) is 9.35. The highest BCUT2D eigenvalue weighted by Gasteiger charge is 2.28. The first-order chi connectivity index (χ1) is 16.0. The molecule has 0 aliphatic heterocycles. The van der Waals surface area contributed by atoms with Crippen molar-refractivity contribution in [3.8, 4) is 11.5 Å². The predicted molar refractivity (Wildman–Crippen MR) is 122 cm³/mol. The van der Waals surface area contributed by atoms with E-state index >= 15 is 0 Å². The Morgan fingerprint density at radius 2 is 1.85 bits per heavy atom. The van der Waals surface area contributed by atoms with Crippen LogP contribution in [0.3, 0.4) is 0 Å². The van der Waals surface area contributed by atoms with E-state index in [0.29, 0.717) is 28.4 Å². The van der Waals surface area contributed by atoms with E-state index in [9.17, 15) is 18.8 Å². The van der Waals surface area contributed by atoms with E-state index in [-0.39, 0.29) is 33.9 Å². The molecule has 186 valence electrons. The lowest BCUT2D eigenvalue weighted by Gasteiger charge is -2.24. The second kappa shape index (κ2) is 11.4. The van der Waals surface area contributed by atoms with Gasteiger partial charge in [-0.15, -0.1) is 0 Å². The van der Waals surface area contributed by atoms with Crippen LogP contribution in [0.2, 0.25) is 10.0 Å². The molecular formula is C23H26Cl2F2N2O5. The Bertz CT molecular complexity index is 998. The highest BCUT2D eigenvalue weighted by Crippen LogP contribution is 2.37. The minimum Gasteiger partial charge on any atom is -0.619 e. The molecular weight excluding hydrogens is 493 g/mol.